The van der Waals surface area contributed by atoms with E-state index in [1.807, 2.05) is 0 Å². The van der Waals surface area contributed by atoms with Crippen molar-refractivity contribution in [2.45, 2.75) is 59.6 Å². The van der Waals surface area contributed by atoms with Gasteiger partial charge in [0.1, 0.15) is 0 Å². The van der Waals surface area contributed by atoms with Crippen molar-refractivity contribution >= 4 is 9.76 Å². The zero-order chi connectivity index (χ0) is 18.6. The van der Waals surface area contributed by atoms with Crippen LogP contribution in [0, 0.1) is 5.41 Å². The van der Waals surface area contributed by atoms with Crippen molar-refractivity contribution in [2.24, 2.45) is 5.41 Å². The van der Waals surface area contributed by atoms with Gasteiger partial charge >= 0.3 is 0 Å². The lowest BCUT2D eigenvalue weighted by Crippen LogP contribution is -2.50. The zero-order valence-corrected chi connectivity index (χ0v) is 19.3. The van der Waals surface area contributed by atoms with Gasteiger partial charge < -0.3 is 19.1 Å². The largest absolute Gasteiger partial charge is 0.421 e. The second-order valence-corrected chi connectivity index (χ2v) is 8.79. The maximum Gasteiger partial charge on any atom is 0.162 e. The predicted octanol–water partition coefficient (Wildman–Crippen LogP) is 2.54. The first kappa shape index (κ1) is 24.1. The highest BCUT2D eigenvalue weighted by Crippen LogP contribution is 2.27. The quantitative estimate of drug-likeness (QED) is 0.418. The number of hydrogen-bond donors (Lipinski definition) is 0. The monoisotopic (exact) mass is 359 g/mol. The molecule has 0 radical (unpaired) electrons. The van der Waals surface area contributed by atoms with Crippen LogP contribution >= 0.6 is 0 Å². The Kier molecular flexibility index (Phi) is 13.3. The van der Waals surface area contributed by atoms with Crippen LogP contribution in [0.2, 0.25) is 6.04 Å². The molecule has 0 atom stereocenters. The summed E-state index contributed by atoms with van der Waals surface area (Å²) in [6.07, 6.45) is 2.77. The molecule has 0 fully saturated rings. The van der Waals surface area contributed by atoms with Crippen LogP contribution in [0.4, 0.5) is 0 Å². The minimum Gasteiger partial charge on any atom is -0.421 e. The van der Waals surface area contributed by atoms with E-state index in [1.165, 1.54) is 6.04 Å². The lowest BCUT2D eigenvalue weighted by atomic mass is 9.88. The number of hydrogen-bond acceptors (Lipinski definition) is 4. The molecule has 0 saturated heterocycles. The molecule has 0 rings (SSSR count). The van der Waals surface area contributed by atoms with Crippen LogP contribution < -0.4 is 0 Å². The molecule has 5 heteroatoms. The fourth-order valence-electron chi connectivity index (χ4n) is 3.41. The third-order valence-corrected chi connectivity index (χ3v) is 7.30. The van der Waals surface area contributed by atoms with Crippen LogP contribution in [0.3, 0.4) is 0 Å². The second kappa shape index (κ2) is 13.3. The van der Waals surface area contributed by atoms with Gasteiger partial charge in [0.15, 0.2) is 9.76 Å². The van der Waals surface area contributed by atoms with E-state index in [-0.39, 0.29) is 0 Å². The van der Waals surface area contributed by atoms with E-state index in [2.05, 4.69) is 70.5 Å². The molecule has 0 amide bonds. The molecule has 0 aromatic heterocycles. The van der Waals surface area contributed by atoms with Gasteiger partial charge in [-0.25, -0.2) is 0 Å². The second-order valence-electron chi connectivity index (χ2n) is 7.55. The summed E-state index contributed by atoms with van der Waals surface area (Å²) in [6.45, 7) is 18.1. The van der Waals surface area contributed by atoms with Crippen molar-refractivity contribution in [1.29, 1.82) is 0 Å². The predicted molar refractivity (Wildman–Crippen MR) is 111 cm³/mol. The van der Waals surface area contributed by atoms with E-state index in [0.29, 0.717) is 11.5 Å². The van der Waals surface area contributed by atoms with E-state index < -0.39 is 9.76 Å². The minimum atomic E-state index is -0.494. The van der Waals surface area contributed by atoms with Crippen molar-refractivity contribution in [3.05, 3.63) is 0 Å². The Bertz CT molecular complexity index is 269. The third-order valence-electron chi connectivity index (χ3n) is 5.33. The van der Waals surface area contributed by atoms with Crippen molar-refractivity contribution in [1.82, 2.24) is 14.7 Å². The summed E-state index contributed by atoms with van der Waals surface area (Å²) in [7, 11) is 6.29. The summed E-state index contributed by atoms with van der Waals surface area (Å²) in [6, 6.07) is 1.27. The SMILES string of the molecule is CCC(CC)O[SiH2]CC(CN(C)CC)(CN(C)CC)CN(C)CC. The summed E-state index contributed by atoms with van der Waals surface area (Å²) in [5.41, 5.74) is 0.318. The van der Waals surface area contributed by atoms with Gasteiger partial charge in [-0.1, -0.05) is 34.6 Å². The summed E-state index contributed by atoms with van der Waals surface area (Å²) in [4.78, 5) is 7.45. The maximum atomic E-state index is 6.32. The van der Waals surface area contributed by atoms with E-state index in [9.17, 15) is 0 Å². The normalized spacial score (nSPS) is 13.5. The molecule has 0 N–H and O–H groups in total. The Hall–Kier alpha value is 0.0569. The zero-order valence-electron chi connectivity index (χ0n) is 17.9. The molecular formula is C19H45N3OSi. The molecule has 0 aliphatic carbocycles. The lowest BCUT2D eigenvalue weighted by molar-refractivity contribution is 0.0942. The first-order chi connectivity index (χ1) is 11.4. The highest BCUT2D eigenvalue weighted by atomic mass is 28.2. The fourth-order valence-corrected chi connectivity index (χ4v) is 5.24. The van der Waals surface area contributed by atoms with E-state index >= 15 is 0 Å². The van der Waals surface area contributed by atoms with Crippen molar-refractivity contribution in [3.8, 4) is 0 Å². The third kappa shape index (κ3) is 9.52. The summed E-state index contributed by atoms with van der Waals surface area (Å²) < 4.78 is 6.32. The van der Waals surface area contributed by atoms with Gasteiger partial charge in [-0.05, 0) is 59.7 Å². The molecule has 0 heterocycles. The molecule has 24 heavy (non-hydrogen) atoms. The van der Waals surface area contributed by atoms with E-state index in [0.717, 1.165) is 52.1 Å². The lowest BCUT2D eigenvalue weighted by Gasteiger charge is -2.42. The highest BCUT2D eigenvalue weighted by molar-refractivity contribution is 6.27. The number of nitrogens with zero attached hydrogens (tertiary/aromatic N) is 3. The molecule has 0 aliphatic heterocycles. The van der Waals surface area contributed by atoms with E-state index in [4.69, 9.17) is 4.43 Å². The molecule has 0 aromatic rings. The Morgan fingerprint density at radius 2 is 1.12 bits per heavy atom. The standard InChI is InChI=1S/C19H45N3OSi/c1-9-18(10-2)23-24-17-19(14-20(6)11-3,15-21(7)12-4)16-22(8)13-5/h18H,9-17,24H2,1-8H3. The average molecular weight is 360 g/mol. The molecule has 0 unspecified atom stereocenters. The maximum absolute atomic E-state index is 6.32. The summed E-state index contributed by atoms with van der Waals surface area (Å²) in [5, 5.41) is 0. The molecule has 0 bridgehead atoms. The Labute approximate surface area is 154 Å². The van der Waals surface area contributed by atoms with Crippen LogP contribution in [0.1, 0.15) is 47.5 Å². The summed E-state index contributed by atoms with van der Waals surface area (Å²) >= 11 is 0. The van der Waals surface area contributed by atoms with Gasteiger partial charge in [0, 0.05) is 31.2 Å². The van der Waals surface area contributed by atoms with Crippen LogP contribution in [-0.4, -0.2) is 91.0 Å². The van der Waals surface area contributed by atoms with Crippen LogP contribution in [0.5, 0.6) is 0 Å². The fraction of sp³-hybridized carbons (Fsp3) is 1.00. The Morgan fingerprint density at radius 1 is 0.750 bits per heavy atom. The smallest absolute Gasteiger partial charge is 0.162 e. The van der Waals surface area contributed by atoms with Crippen molar-refractivity contribution < 1.29 is 4.43 Å². The van der Waals surface area contributed by atoms with E-state index in [1.54, 1.807) is 0 Å². The molecule has 4 nitrogen and oxygen atoms in total. The van der Waals surface area contributed by atoms with Gasteiger partial charge in [-0.2, -0.15) is 0 Å². The minimum absolute atomic E-state index is 0.318. The van der Waals surface area contributed by atoms with Gasteiger partial charge in [0.2, 0.25) is 0 Å². The molecule has 0 saturated carbocycles. The Balaban J connectivity index is 5.12. The van der Waals surface area contributed by atoms with Gasteiger partial charge in [0.25, 0.3) is 0 Å². The average Bonchev–Trinajstić information content (AvgIpc) is 2.58. The number of rotatable bonds is 15. The molecular weight excluding hydrogens is 314 g/mol. The first-order valence-electron chi connectivity index (χ1n) is 10.0. The van der Waals surface area contributed by atoms with Gasteiger partial charge in [0.05, 0.1) is 0 Å². The van der Waals surface area contributed by atoms with Crippen molar-refractivity contribution in [3.63, 3.8) is 0 Å². The first-order valence-corrected chi connectivity index (χ1v) is 11.6. The highest BCUT2D eigenvalue weighted by Gasteiger charge is 2.33. The van der Waals surface area contributed by atoms with Crippen LogP contribution in [0.25, 0.3) is 0 Å². The van der Waals surface area contributed by atoms with Crippen molar-refractivity contribution in [2.75, 3.05) is 60.4 Å². The molecule has 0 spiro atoms. The molecule has 0 aromatic carbocycles. The topological polar surface area (TPSA) is 19.0 Å². The van der Waals surface area contributed by atoms with Gasteiger partial charge in [-0.15, -0.1) is 0 Å². The molecule has 146 valence electrons. The Morgan fingerprint density at radius 3 is 1.42 bits per heavy atom. The molecule has 0 aliphatic rings. The summed E-state index contributed by atoms with van der Waals surface area (Å²) in [5.74, 6) is 0. The van der Waals surface area contributed by atoms with Gasteiger partial charge in [-0.3, -0.25) is 0 Å². The van der Waals surface area contributed by atoms with Crippen LogP contribution in [-0.2, 0) is 4.43 Å². The van der Waals surface area contributed by atoms with Crippen LogP contribution in [0.15, 0.2) is 0 Å².